The Hall–Kier alpha value is -1.15. The van der Waals surface area contributed by atoms with Crippen LogP contribution in [0.25, 0.3) is 0 Å². The Kier molecular flexibility index (Phi) is 5.15. The maximum Gasteiger partial charge on any atom is 0.123 e. The Morgan fingerprint density at radius 3 is 2.32 bits per heavy atom. The Bertz CT molecular complexity index is 519. The van der Waals surface area contributed by atoms with E-state index in [4.69, 9.17) is 0 Å². The molecule has 0 saturated carbocycles. The van der Waals surface area contributed by atoms with Crippen LogP contribution < -0.4 is 0 Å². The van der Waals surface area contributed by atoms with Gasteiger partial charge in [-0.15, -0.1) is 0 Å². The number of rotatable bonds is 5. The van der Waals surface area contributed by atoms with E-state index >= 15 is 0 Å². The molecule has 2 rings (SSSR count). The number of benzene rings is 2. The zero-order chi connectivity index (χ0) is 13.7. The quantitative estimate of drug-likeness (QED) is 0.685. The van der Waals surface area contributed by atoms with Crippen LogP contribution in [0.1, 0.15) is 16.7 Å². The van der Waals surface area contributed by atoms with Crippen molar-refractivity contribution in [2.75, 3.05) is 5.33 Å². The summed E-state index contributed by atoms with van der Waals surface area (Å²) in [6.45, 7) is 2.15. The van der Waals surface area contributed by atoms with E-state index in [0.29, 0.717) is 5.92 Å². The molecule has 1 atom stereocenters. The number of alkyl halides is 1. The summed E-state index contributed by atoms with van der Waals surface area (Å²) >= 11 is 3.60. The van der Waals surface area contributed by atoms with Crippen molar-refractivity contribution in [1.29, 1.82) is 0 Å². The van der Waals surface area contributed by atoms with Crippen molar-refractivity contribution in [2.24, 2.45) is 5.92 Å². The molecule has 0 spiro atoms. The number of aryl methyl sites for hydroxylation is 1. The Morgan fingerprint density at radius 1 is 1.00 bits per heavy atom. The molecule has 19 heavy (non-hydrogen) atoms. The van der Waals surface area contributed by atoms with Gasteiger partial charge in [-0.2, -0.15) is 0 Å². The van der Waals surface area contributed by atoms with Crippen LogP contribution in [0.5, 0.6) is 0 Å². The minimum Gasteiger partial charge on any atom is -0.207 e. The second-order valence-electron chi connectivity index (χ2n) is 4.98. The summed E-state index contributed by atoms with van der Waals surface area (Å²) in [4.78, 5) is 0. The van der Waals surface area contributed by atoms with E-state index in [0.717, 1.165) is 18.2 Å². The summed E-state index contributed by atoms with van der Waals surface area (Å²) in [6, 6.07) is 15.3. The van der Waals surface area contributed by atoms with Gasteiger partial charge < -0.3 is 0 Å². The van der Waals surface area contributed by atoms with Gasteiger partial charge in [0.1, 0.15) is 5.82 Å². The lowest BCUT2D eigenvalue weighted by Crippen LogP contribution is -2.10. The SMILES string of the molecule is Cc1ccccc1CC(CBr)Cc1ccc(F)cc1. The third-order valence-corrected chi connectivity index (χ3v) is 4.34. The topological polar surface area (TPSA) is 0 Å². The Morgan fingerprint density at radius 2 is 1.68 bits per heavy atom. The van der Waals surface area contributed by atoms with E-state index in [1.807, 2.05) is 12.1 Å². The predicted octanol–water partition coefficient (Wildman–Crippen LogP) is 4.93. The van der Waals surface area contributed by atoms with E-state index in [1.165, 1.54) is 28.8 Å². The molecule has 0 aliphatic rings. The molecule has 1 unspecified atom stereocenters. The van der Waals surface area contributed by atoms with Crippen molar-refractivity contribution in [3.63, 3.8) is 0 Å². The van der Waals surface area contributed by atoms with E-state index in [-0.39, 0.29) is 5.82 Å². The largest absolute Gasteiger partial charge is 0.207 e. The third-order valence-electron chi connectivity index (χ3n) is 3.43. The van der Waals surface area contributed by atoms with E-state index < -0.39 is 0 Å². The van der Waals surface area contributed by atoms with E-state index in [2.05, 4.69) is 47.1 Å². The first-order chi connectivity index (χ1) is 9.19. The van der Waals surface area contributed by atoms with Gasteiger partial charge in [0.05, 0.1) is 0 Å². The van der Waals surface area contributed by atoms with Gasteiger partial charge in [-0.3, -0.25) is 0 Å². The highest BCUT2D eigenvalue weighted by molar-refractivity contribution is 9.09. The molecule has 2 aromatic rings. The van der Waals surface area contributed by atoms with Crippen molar-refractivity contribution < 1.29 is 4.39 Å². The molecule has 2 aromatic carbocycles. The second kappa shape index (κ2) is 6.85. The highest BCUT2D eigenvalue weighted by Crippen LogP contribution is 2.19. The average molecular weight is 321 g/mol. The summed E-state index contributed by atoms with van der Waals surface area (Å²) < 4.78 is 12.9. The van der Waals surface area contributed by atoms with Gasteiger partial charge in [0.15, 0.2) is 0 Å². The molecule has 0 radical (unpaired) electrons. The van der Waals surface area contributed by atoms with Crippen LogP contribution in [0.15, 0.2) is 48.5 Å². The molecule has 0 aliphatic heterocycles. The minimum absolute atomic E-state index is 0.168. The van der Waals surface area contributed by atoms with Crippen molar-refractivity contribution >= 4 is 15.9 Å². The molecule has 100 valence electrons. The fourth-order valence-corrected chi connectivity index (χ4v) is 2.74. The molecular formula is C17H18BrF. The Labute approximate surface area is 122 Å². The van der Waals surface area contributed by atoms with E-state index in [9.17, 15) is 4.39 Å². The van der Waals surface area contributed by atoms with Gasteiger partial charge in [-0.25, -0.2) is 4.39 Å². The maximum absolute atomic E-state index is 12.9. The summed E-state index contributed by atoms with van der Waals surface area (Å²) in [6.07, 6.45) is 2.02. The number of hydrogen-bond donors (Lipinski definition) is 0. The highest BCUT2D eigenvalue weighted by Gasteiger charge is 2.11. The minimum atomic E-state index is -0.168. The van der Waals surface area contributed by atoms with Crippen LogP contribution in [0.4, 0.5) is 4.39 Å². The lowest BCUT2D eigenvalue weighted by atomic mass is 9.92. The van der Waals surface area contributed by atoms with Crippen LogP contribution in [0.2, 0.25) is 0 Å². The van der Waals surface area contributed by atoms with Crippen molar-refractivity contribution in [3.05, 3.63) is 71.0 Å². The lowest BCUT2D eigenvalue weighted by molar-refractivity contribution is 0.586. The summed E-state index contributed by atoms with van der Waals surface area (Å²) in [7, 11) is 0. The fraction of sp³-hybridized carbons (Fsp3) is 0.294. The molecule has 0 N–H and O–H groups in total. The van der Waals surface area contributed by atoms with Gasteiger partial charge in [0.25, 0.3) is 0 Å². The highest BCUT2D eigenvalue weighted by atomic mass is 79.9. The predicted molar refractivity (Wildman–Crippen MR) is 82.3 cm³/mol. The van der Waals surface area contributed by atoms with Crippen LogP contribution in [-0.2, 0) is 12.8 Å². The van der Waals surface area contributed by atoms with Gasteiger partial charge in [-0.1, -0.05) is 52.3 Å². The van der Waals surface area contributed by atoms with Gasteiger partial charge in [0, 0.05) is 5.33 Å². The van der Waals surface area contributed by atoms with Gasteiger partial charge in [-0.05, 0) is 54.5 Å². The molecule has 0 fully saturated rings. The van der Waals surface area contributed by atoms with Crippen molar-refractivity contribution in [2.45, 2.75) is 19.8 Å². The fourth-order valence-electron chi connectivity index (χ4n) is 2.29. The van der Waals surface area contributed by atoms with Crippen LogP contribution in [-0.4, -0.2) is 5.33 Å². The molecule has 0 heterocycles. The second-order valence-corrected chi connectivity index (χ2v) is 5.63. The molecule has 0 bridgehead atoms. The molecule has 2 heteroatoms. The summed E-state index contributed by atoms with van der Waals surface area (Å²) in [5.74, 6) is 0.365. The summed E-state index contributed by atoms with van der Waals surface area (Å²) in [5.41, 5.74) is 3.93. The van der Waals surface area contributed by atoms with Crippen molar-refractivity contribution in [1.82, 2.24) is 0 Å². The first-order valence-corrected chi connectivity index (χ1v) is 7.66. The van der Waals surface area contributed by atoms with Crippen LogP contribution in [0.3, 0.4) is 0 Å². The number of halogens is 2. The third kappa shape index (κ3) is 4.17. The van der Waals surface area contributed by atoms with Crippen molar-refractivity contribution in [3.8, 4) is 0 Å². The Balaban J connectivity index is 2.05. The van der Waals surface area contributed by atoms with Gasteiger partial charge in [0.2, 0.25) is 0 Å². The first-order valence-electron chi connectivity index (χ1n) is 6.54. The first kappa shape index (κ1) is 14.3. The lowest BCUT2D eigenvalue weighted by Gasteiger charge is -2.15. The zero-order valence-electron chi connectivity index (χ0n) is 11.1. The molecule has 0 aliphatic carbocycles. The average Bonchev–Trinajstić information content (AvgIpc) is 2.43. The smallest absolute Gasteiger partial charge is 0.123 e. The molecule has 0 saturated heterocycles. The molecule has 0 aromatic heterocycles. The van der Waals surface area contributed by atoms with Crippen LogP contribution in [0, 0.1) is 18.7 Å². The normalized spacial score (nSPS) is 12.4. The van der Waals surface area contributed by atoms with Crippen LogP contribution >= 0.6 is 15.9 Å². The standard InChI is InChI=1S/C17H18BrF/c1-13-4-2-3-5-16(13)11-15(12-18)10-14-6-8-17(19)9-7-14/h2-9,15H,10-12H2,1H3. The van der Waals surface area contributed by atoms with E-state index in [1.54, 1.807) is 0 Å². The summed E-state index contributed by atoms with van der Waals surface area (Å²) in [5, 5.41) is 0.957. The molecule has 0 amide bonds. The molecular weight excluding hydrogens is 303 g/mol. The van der Waals surface area contributed by atoms with Gasteiger partial charge >= 0.3 is 0 Å². The maximum atomic E-state index is 12.9. The number of hydrogen-bond acceptors (Lipinski definition) is 0. The monoisotopic (exact) mass is 320 g/mol. The molecule has 0 nitrogen and oxygen atoms in total. The zero-order valence-corrected chi connectivity index (χ0v) is 12.7.